The molecule has 0 spiro atoms. The topological polar surface area (TPSA) is 65.0 Å². The molecule has 0 aromatic heterocycles. The van der Waals surface area contributed by atoms with Crippen molar-refractivity contribution in [1.82, 2.24) is 0 Å². The highest BCUT2D eigenvalue weighted by atomic mass is 16.7. The zero-order valence-electron chi connectivity index (χ0n) is 14.7. The highest BCUT2D eigenvalue weighted by molar-refractivity contribution is 5.66. The molecule has 0 bridgehead atoms. The maximum atomic E-state index is 10.6. The summed E-state index contributed by atoms with van der Waals surface area (Å²) >= 11 is 0. The van der Waals surface area contributed by atoms with Gasteiger partial charge in [0.15, 0.2) is 6.29 Å². The second-order valence-corrected chi connectivity index (χ2v) is 6.64. The normalized spacial score (nSPS) is 28.5. The fourth-order valence-corrected chi connectivity index (χ4v) is 2.87. The second-order valence-electron chi connectivity index (χ2n) is 6.64. The van der Waals surface area contributed by atoms with Crippen molar-refractivity contribution in [2.45, 2.75) is 71.2 Å². The quantitative estimate of drug-likeness (QED) is 0.785. The van der Waals surface area contributed by atoms with Crippen LogP contribution in [0.3, 0.4) is 0 Å². The van der Waals surface area contributed by atoms with Gasteiger partial charge in [0.2, 0.25) is 0 Å². The van der Waals surface area contributed by atoms with E-state index in [1.165, 1.54) is 0 Å². The van der Waals surface area contributed by atoms with Gasteiger partial charge in [0.05, 0.1) is 24.9 Å². The summed E-state index contributed by atoms with van der Waals surface area (Å²) in [6, 6.07) is 10.1. The molecule has 0 amide bonds. The van der Waals surface area contributed by atoms with E-state index >= 15 is 0 Å². The minimum atomic E-state index is -0.800. The van der Waals surface area contributed by atoms with Crippen LogP contribution < -0.4 is 0 Å². The zero-order valence-corrected chi connectivity index (χ0v) is 14.7. The molecule has 1 heterocycles. The number of carbonyl (C=O) groups is 1. The van der Waals surface area contributed by atoms with E-state index in [0.29, 0.717) is 13.0 Å². The van der Waals surface area contributed by atoms with Gasteiger partial charge >= 0.3 is 5.97 Å². The molecule has 1 saturated heterocycles. The van der Waals surface area contributed by atoms with Crippen LogP contribution in [-0.4, -0.2) is 35.7 Å². The number of aliphatic carboxylic acids is 1. The summed E-state index contributed by atoms with van der Waals surface area (Å²) in [6.07, 6.45) is 1.01. The number of hydrogen-bond donors (Lipinski definition) is 1. The minimum Gasteiger partial charge on any atom is -0.481 e. The summed E-state index contributed by atoms with van der Waals surface area (Å²) in [6.45, 7) is 6.55. The van der Waals surface area contributed by atoms with Crippen molar-refractivity contribution in [3.8, 4) is 0 Å². The summed E-state index contributed by atoms with van der Waals surface area (Å²) in [4.78, 5) is 10.6. The first-order chi connectivity index (χ1) is 11.5. The molecule has 24 heavy (non-hydrogen) atoms. The van der Waals surface area contributed by atoms with E-state index in [1.54, 1.807) is 0 Å². The lowest BCUT2D eigenvalue weighted by molar-refractivity contribution is -0.262. The first-order valence-corrected chi connectivity index (χ1v) is 8.64. The van der Waals surface area contributed by atoms with Gasteiger partial charge in [-0.1, -0.05) is 37.3 Å². The summed E-state index contributed by atoms with van der Waals surface area (Å²) in [5, 5.41) is 8.75. The first-order valence-electron chi connectivity index (χ1n) is 8.64. The van der Waals surface area contributed by atoms with Crippen molar-refractivity contribution in [2.75, 3.05) is 0 Å². The van der Waals surface area contributed by atoms with Crippen LogP contribution in [0.25, 0.3) is 0 Å². The van der Waals surface area contributed by atoms with E-state index in [1.807, 2.05) is 44.2 Å². The summed E-state index contributed by atoms with van der Waals surface area (Å²) < 4.78 is 17.9. The zero-order chi connectivity index (χ0) is 17.5. The van der Waals surface area contributed by atoms with Crippen LogP contribution in [-0.2, 0) is 25.6 Å². The van der Waals surface area contributed by atoms with Crippen molar-refractivity contribution in [1.29, 1.82) is 0 Å². The number of hydrogen-bond acceptors (Lipinski definition) is 4. The largest absolute Gasteiger partial charge is 0.481 e. The van der Waals surface area contributed by atoms with Gasteiger partial charge in [-0.05, 0) is 32.3 Å². The van der Waals surface area contributed by atoms with E-state index in [4.69, 9.17) is 19.3 Å². The number of rotatable bonds is 8. The molecule has 0 radical (unpaired) electrons. The third-order valence-electron chi connectivity index (χ3n) is 4.38. The summed E-state index contributed by atoms with van der Waals surface area (Å²) in [5.74, 6) is -0.597. The molecule has 1 fully saturated rings. The van der Waals surface area contributed by atoms with Gasteiger partial charge in [-0.25, -0.2) is 0 Å². The van der Waals surface area contributed by atoms with E-state index in [0.717, 1.165) is 12.0 Å². The molecule has 1 aliphatic rings. The minimum absolute atomic E-state index is 0.0365. The van der Waals surface area contributed by atoms with E-state index in [9.17, 15) is 4.79 Å². The average Bonchev–Trinajstić information content (AvgIpc) is 2.55. The predicted molar refractivity (Wildman–Crippen MR) is 90.6 cm³/mol. The summed E-state index contributed by atoms with van der Waals surface area (Å²) in [5.41, 5.74) is 1.15. The maximum absolute atomic E-state index is 10.6. The Balaban J connectivity index is 1.79. The van der Waals surface area contributed by atoms with Crippen LogP contribution >= 0.6 is 0 Å². The second kappa shape index (κ2) is 9.16. The first kappa shape index (κ1) is 18.9. The third-order valence-corrected chi connectivity index (χ3v) is 4.38. The lowest BCUT2D eigenvalue weighted by Crippen LogP contribution is -2.45. The van der Waals surface area contributed by atoms with Crippen LogP contribution in [0, 0.1) is 5.92 Å². The van der Waals surface area contributed by atoms with Gasteiger partial charge in [0.25, 0.3) is 0 Å². The molecule has 1 aromatic carbocycles. The van der Waals surface area contributed by atoms with Gasteiger partial charge < -0.3 is 19.3 Å². The number of ether oxygens (including phenoxy) is 3. The molecule has 1 unspecified atom stereocenters. The molecular weight excluding hydrogens is 308 g/mol. The molecular formula is C19H28O5. The highest BCUT2D eigenvalue weighted by Crippen LogP contribution is 2.29. The van der Waals surface area contributed by atoms with Crippen LogP contribution in [0.1, 0.15) is 45.6 Å². The molecule has 2 rings (SSSR count). The standard InChI is InChI=1S/C19H28O5/c1-13-11-17(22-12-16-7-5-4-6-8-16)15(3)24-19(13)23-14(2)9-10-18(20)21/h4-8,13-15,17,19H,9-12H2,1-3H3,(H,20,21)/t13-,14+,15?,17+,19+/m1/s1. The average molecular weight is 336 g/mol. The van der Waals surface area contributed by atoms with Crippen molar-refractivity contribution in [3.05, 3.63) is 35.9 Å². The van der Waals surface area contributed by atoms with E-state index < -0.39 is 5.97 Å². The Bertz CT molecular complexity index is 504. The Labute approximate surface area is 143 Å². The van der Waals surface area contributed by atoms with Crippen LogP contribution in [0.15, 0.2) is 30.3 Å². The molecule has 0 saturated carbocycles. The Morgan fingerprint density at radius 2 is 2.04 bits per heavy atom. The highest BCUT2D eigenvalue weighted by Gasteiger charge is 2.35. The van der Waals surface area contributed by atoms with Gasteiger partial charge in [-0.2, -0.15) is 0 Å². The Morgan fingerprint density at radius 1 is 1.33 bits per heavy atom. The molecule has 0 aliphatic carbocycles. The van der Waals surface area contributed by atoms with E-state index in [2.05, 4.69) is 6.92 Å². The Kier molecular flexibility index (Phi) is 7.21. The fourth-order valence-electron chi connectivity index (χ4n) is 2.87. The molecule has 5 atom stereocenters. The fraction of sp³-hybridized carbons (Fsp3) is 0.632. The van der Waals surface area contributed by atoms with Crippen molar-refractivity contribution < 1.29 is 24.1 Å². The smallest absolute Gasteiger partial charge is 0.303 e. The molecule has 134 valence electrons. The number of carboxylic acid groups (broad SMARTS) is 1. The lowest BCUT2D eigenvalue weighted by Gasteiger charge is -2.39. The molecule has 5 heteroatoms. The molecule has 5 nitrogen and oxygen atoms in total. The van der Waals surface area contributed by atoms with E-state index in [-0.39, 0.29) is 36.9 Å². The third kappa shape index (κ3) is 5.89. The van der Waals surface area contributed by atoms with Gasteiger partial charge in [-0.15, -0.1) is 0 Å². The van der Waals surface area contributed by atoms with Gasteiger partial charge in [0.1, 0.15) is 0 Å². The van der Waals surface area contributed by atoms with Crippen molar-refractivity contribution >= 4 is 5.97 Å². The Hall–Kier alpha value is -1.43. The number of benzene rings is 1. The SMILES string of the molecule is CC1O[C@H](O[C@@H](C)CCC(=O)O)[C@H](C)C[C@@H]1OCc1ccccc1. The van der Waals surface area contributed by atoms with Gasteiger partial charge in [-0.3, -0.25) is 4.79 Å². The molecule has 1 aromatic rings. The van der Waals surface area contributed by atoms with Crippen LogP contribution in [0.4, 0.5) is 0 Å². The van der Waals surface area contributed by atoms with Crippen molar-refractivity contribution in [3.63, 3.8) is 0 Å². The Morgan fingerprint density at radius 3 is 2.71 bits per heavy atom. The maximum Gasteiger partial charge on any atom is 0.303 e. The van der Waals surface area contributed by atoms with Crippen LogP contribution in [0.2, 0.25) is 0 Å². The lowest BCUT2D eigenvalue weighted by atomic mass is 9.96. The number of carboxylic acids is 1. The van der Waals surface area contributed by atoms with Gasteiger partial charge in [0, 0.05) is 12.3 Å². The summed E-state index contributed by atoms with van der Waals surface area (Å²) in [7, 11) is 0. The predicted octanol–water partition coefficient (Wildman–Crippen LogP) is 3.61. The monoisotopic (exact) mass is 336 g/mol. The van der Waals surface area contributed by atoms with Crippen LogP contribution in [0.5, 0.6) is 0 Å². The molecule has 1 N–H and O–H groups in total. The van der Waals surface area contributed by atoms with Crippen molar-refractivity contribution in [2.24, 2.45) is 5.92 Å². The molecule has 1 aliphatic heterocycles.